The summed E-state index contributed by atoms with van der Waals surface area (Å²) < 4.78 is 17.5. The molecule has 0 radical (unpaired) electrons. The van der Waals surface area contributed by atoms with Gasteiger partial charge in [0.25, 0.3) is 11.8 Å². The van der Waals surface area contributed by atoms with Gasteiger partial charge in [-0.1, -0.05) is 35.8 Å². The van der Waals surface area contributed by atoms with Crippen LogP contribution in [0, 0.1) is 0 Å². The molecule has 33 heavy (non-hydrogen) atoms. The van der Waals surface area contributed by atoms with E-state index in [0.29, 0.717) is 28.5 Å². The molecular formula is C22H25Br2N3O5S. The Morgan fingerprint density at radius 1 is 1.00 bits per heavy atom. The van der Waals surface area contributed by atoms with Gasteiger partial charge in [-0.3, -0.25) is 25.8 Å². The first-order valence-electron chi connectivity index (χ1n) is 9.95. The van der Waals surface area contributed by atoms with Gasteiger partial charge in [-0.15, -0.1) is 0 Å². The maximum absolute atomic E-state index is 12.6. The molecular weight excluding hydrogens is 578 g/mol. The van der Waals surface area contributed by atoms with Gasteiger partial charge in [0.15, 0.2) is 11.7 Å². The number of benzene rings is 2. The lowest BCUT2D eigenvalue weighted by atomic mass is 10.0. The number of nitrogens with one attached hydrogen (secondary N) is 3. The fourth-order valence-corrected chi connectivity index (χ4v) is 3.56. The van der Waals surface area contributed by atoms with Gasteiger partial charge < -0.3 is 14.2 Å². The topological polar surface area (TPSA) is 97.9 Å². The highest BCUT2D eigenvalue weighted by molar-refractivity contribution is 9.10. The summed E-state index contributed by atoms with van der Waals surface area (Å²) in [6, 6.07) is 10.7. The Morgan fingerprint density at radius 3 is 2.39 bits per heavy atom. The minimum absolute atomic E-state index is 0.0846. The first kappa shape index (κ1) is 27.0. The molecule has 11 heteroatoms. The Balaban J connectivity index is 1.84. The zero-order chi connectivity index (χ0) is 24.4. The van der Waals surface area contributed by atoms with E-state index in [9.17, 15) is 9.59 Å². The van der Waals surface area contributed by atoms with E-state index in [1.54, 1.807) is 31.4 Å². The maximum atomic E-state index is 12.6. The van der Waals surface area contributed by atoms with Crippen molar-refractivity contribution in [2.45, 2.75) is 19.8 Å². The van der Waals surface area contributed by atoms with Crippen LogP contribution in [0.4, 0.5) is 0 Å². The van der Waals surface area contributed by atoms with Crippen LogP contribution in [0.3, 0.4) is 0 Å². The largest absolute Gasteiger partial charge is 0.490 e. The summed E-state index contributed by atoms with van der Waals surface area (Å²) in [6.07, 6.45) is 0. The number of methoxy groups -OCH3 is 1. The third kappa shape index (κ3) is 8.92. The molecule has 0 unspecified atom stereocenters. The third-order valence-corrected chi connectivity index (χ3v) is 5.57. The molecule has 0 aromatic heterocycles. The Hall–Kier alpha value is -2.21. The van der Waals surface area contributed by atoms with Gasteiger partial charge in [0, 0.05) is 11.6 Å². The summed E-state index contributed by atoms with van der Waals surface area (Å²) in [4.78, 5) is 24.7. The number of hydrogen-bond acceptors (Lipinski definition) is 6. The van der Waals surface area contributed by atoms with Crippen LogP contribution >= 0.6 is 44.1 Å². The van der Waals surface area contributed by atoms with Gasteiger partial charge in [0.2, 0.25) is 0 Å². The summed E-state index contributed by atoms with van der Waals surface area (Å²) in [5.41, 5.74) is 6.29. The van der Waals surface area contributed by atoms with Crippen LogP contribution in [0.2, 0.25) is 0 Å². The Labute approximate surface area is 215 Å². The van der Waals surface area contributed by atoms with Crippen molar-refractivity contribution in [3.05, 3.63) is 56.5 Å². The molecule has 2 rings (SSSR count). The SMILES string of the molecule is COCCOc1ccc(Br)cc1C(=O)NC(=S)NNC(=O)COc1ccc(C(C)C)cc1Br. The molecule has 0 aliphatic rings. The zero-order valence-corrected chi connectivity index (χ0v) is 22.4. The first-order valence-corrected chi connectivity index (χ1v) is 11.9. The average molecular weight is 603 g/mol. The highest BCUT2D eigenvalue weighted by Gasteiger charge is 2.15. The van der Waals surface area contributed by atoms with Crippen molar-refractivity contribution in [1.29, 1.82) is 0 Å². The lowest BCUT2D eigenvalue weighted by Crippen LogP contribution is -2.49. The van der Waals surface area contributed by atoms with E-state index in [0.717, 1.165) is 10.0 Å². The number of hydrogen-bond donors (Lipinski definition) is 3. The molecule has 0 bridgehead atoms. The predicted octanol–water partition coefficient (Wildman–Crippen LogP) is 4.07. The number of hydrazine groups is 1. The quantitative estimate of drug-likeness (QED) is 0.226. The molecule has 0 heterocycles. The molecule has 2 aromatic carbocycles. The zero-order valence-electron chi connectivity index (χ0n) is 18.4. The van der Waals surface area contributed by atoms with Gasteiger partial charge in [-0.05, 0) is 70.0 Å². The van der Waals surface area contributed by atoms with Gasteiger partial charge >= 0.3 is 0 Å². The molecule has 0 saturated carbocycles. The molecule has 3 N–H and O–H groups in total. The molecule has 2 amide bonds. The van der Waals surface area contributed by atoms with Crippen LogP contribution in [0.5, 0.6) is 11.5 Å². The van der Waals surface area contributed by atoms with Crippen molar-refractivity contribution < 1.29 is 23.8 Å². The molecule has 0 aliphatic heterocycles. The van der Waals surface area contributed by atoms with Crippen LogP contribution in [0.1, 0.15) is 35.7 Å². The smallest absolute Gasteiger partial charge is 0.276 e. The Kier molecular flexibility index (Phi) is 11.0. The minimum Gasteiger partial charge on any atom is -0.490 e. The summed E-state index contributed by atoms with van der Waals surface area (Å²) in [7, 11) is 1.56. The first-order chi connectivity index (χ1) is 15.7. The number of amides is 2. The van der Waals surface area contributed by atoms with Crippen molar-refractivity contribution in [2.24, 2.45) is 0 Å². The predicted molar refractivity (Wildman–Crippen MR) is 137 cm³/mol. The summed E-state index contributed by atoms with van der Waals surface area (Å²) >= 11 is 11.9. The van der Waals surface area contributed by atoms with E-state index in [1.165, 1.54) is 0 Å². The third-order valence-electron chi connectivity index (χ3n) is 4.26. The Morgan fingerprint density at radius 2 is 1.73 bits per heavy atom. The number of rotatable bonds is 9. The molecule has 0 atom stereocenters. The molecule has 0 saturated heterocycles. The molecule has 0 spiro atoms. The number of ether oxygens (including phenoxy) is 3. The second-order valence-electron chi connectivity index (χ2n) is 7.07. The van der Waals surface area contributed by atoms with Gasteiger partial charge in [0.1, 0.15) is 18.1 Å². The second-order valence-corrected chi connectivity index (χ2v) is 9.25. The van der Waals surface area contributed by atoms with Crippen molar-refractivity contribution in [3.8, 4) is 11.5 Å². The highest BCUT2D eigenvalue weighted by Crippen LogP contribution is 2.28. The van der Waals surface area contributed by atoms with E-state index in [1.807, 2.05) is 12.1 Å². The summed E-state index contributed by atoms with van der Waals surface area (Å²) in [5.74, 6) is 0.325. The monoisotopic (exact) mass is 601 g/mol. The lowest BCUT2D eigenvalue weighted by molar-refractivity contribution is -0.123. The number of carbonyl (C=O) groups excluding carboxylic acids is 2. The minimum atomic E-state index is -0.499. The van der Waals surface area contributed by atoms with Crippen LogP contribution in [0.15, 0.2) is 45.3 Å². The van der Waals surface area contributed by atoms with Crippen LogP contribution in [-0.2, 0) is 9.53 Å². The lowest BCUT2D eigenvalue weighted by Gasteiger charge is -2.14. The molecule has 0 fully saturated rings. The van der Waals surface area contributed by atoms with Crippen molar-refractivity contribution in [3.63, 3.8) is 0 Å². The average Bonchev–Trinajstić information content (AvgIpc) is 2.77. The van der Waals surface area contributed by atoms with Crippen molar-refractivity contribution in [2.75, 3.05) is 26.9 Å². The van der Waals surface area contributed by atoms with Crippen LogP contribution in [-0.4, -0.2) is 43.9 Å². The van der Waals surface area contributed by atoms with Crippen LogP contribution in [0.25, 0.3) is 0 Å². The molecule has 2 aromatic rings. The molecule has 178 valence electrons. The fraction of sp³-hybridized carbons (Fsp3) is 0.318. The standard InChI is InChI=1S/C22H25Br2N3O5S/c1-13(2)14-4-6-19(17(24)10-14)32-12-20(28)26-27-22(33)25-21(29)16-11-15(23)5-7-18(16)31-9-8-30-3/h4-7,10-11,13H,8-9,12H2,1-3H3,(H,26,28)(H2,25,27,29,33). The number of thiocarbonyl (C=S) groups is 1. The van der Waals surface area contributed by atoms with E-state index >= 15 is 0 Å². The van der Waals surface area contributed by atoms with E-state index < -0.39 is 11.8 Å². The van der Waals surface area contributed by atoms with E-state index in [2.05, 4.69) is 61.9 Å². The fourth-order valence-electron chi connectivity index (χ4n) is 2.54. The number of carbonyl (C=O) groups is 2. The summed E-state index contributed by atoms with van der Waals surface area (Å²) in [6.45, 7) is 4.60. The van der Waals surface area contributed by atoms with E-state index in [4.69, 9.17) is 26.4 Å². The summed E-state index contributed by atoms with van der Waals surface area (Å²) in [5, 5.41) is 2.41. The van der Waals surface area contributed by atoms with Gasteiger partial charge in [0.05, 0.1) is 16.6 Å². The van der Waals surface area contributed by atoms with Gasteiger partial charge in [-0.2, -0.15) is 0 Å². The normalized spacial score (nSPS) is 10.5. The van der Waals surface area contributed by atoms with E-state index in [-0.39, 0.29) is 23.9 Å². The Bertz CT molecular complexity index is 1000. The second kappa shape index (κ2) is 13.5. The molecule has 0 aliphatic carbocycles. The molecule has 8 nitrogen and oxygen atoms in total. The highest BCUT2D eigenvalue weighted by atomic mass is 79.9. The van der Waals surface area contributed by atoms with Crippen LogP contribution < -0.4 is 25.6 Å². The van der Waals surface area contributed by atoms with Gasteiger partial charge in [-0.25, -0.2) is 0 Å². The van der Waals surface area contributed by atoms with Crippen molar-refractivity contribution >= 4 is 61.0 Å². The van der Waals surface area contributed by atoms with Crippen molar-refractivity contribution in [1.82, 2.24) is 16.2 Å². The number of halogens is 2. The maximum Gasteiger partial charge on any atom is 0.276 e.